The number of nitrogens with one attached hydrogen (secondary N) is 1. The van der Waals surface area contributed by atoms with Crippen LogP contribution in [0.15, 0.2) is 42.5 Å². The van der Waals surface area contributed by atoms with Crippen LogP contribution in [-0.2, 0) is 6.42 Å². The largest absolute Gasteiger partial charge is 0.322 e. The molecule has 4 rings (SSSR count). The van der Waals surface area contributed by atoms with Gasteiger partial charge in [0.05, 0.1) is 15.0 Å². The minimum absolute atomic E-state index is 0.118. The van der Waals surface area contributed by atoms with Crippen molar-refractivity contribution in [2.45, 2.75) is 19.3 Å². The molecule has 188 valence electrons. The first kappa shape index (κ1) is 25.7. The molecule has 2 aromatic carbocycles. The van der Waals surface area contributed by atoms with E-state index in [1.54, 1.807) is 30.3 Å². The lowest BCUT2D eigenvalue weighted by Crippen LogP contribution is -2.52. The van der Waals surface area contributed by atoms with Crippen molar-refractivity contribution in [3.63, 3.8) is 0 Å². The second kappa shape index (κ2) is 12.0. The Balaban J connectivity index is 1.19. The van der Waals surface area contributed by atoms with Gasteiger partial charge >= 0.3 is 6.03 Å². The summed E-state index contributed by atoms with van der Waals surface area (Å²) in [7, 11) is 0. The molecule has 0 aliphatic carbocycles. The third-order valence-corrected chi connectivity index (χ3v) is 7.53. The fourth-order valence-electron chi connectivity index (χ4n) is 4.89. The van der Waals surface area contributed by atoms with E-state index in [9.17, 15) is 14.9 Å². The van der Waals surface area contributed by atoms with Crippen molar-refractivity contribution in [1.29, 1.82) is 0 Å². The molecule has 1 N–H and O–H groups in total. The van der Waals surface area contributed by atoms with Crippen molar-refractivity contribution >= 4 is 40.6 Å². The number of urea groups is 1. The van der Waals surface area contributed by atoms with Gasteiger partial charge in [-0.25, -0.2) is 4.79 Å². The summed E-state index contributed by atoms with van der Waals surface area (Å²) in [5.74, 6) is 0.602. The number of hydrogen-bond acceptors (Lipinski definition) is 5. The molecule has 0 aromatic heterocycles. The number of carbonyl (C=O) groups is 1. The normalized spacial score (nSPS) is 19.5. The van der Waals surface area contributed by atoms with Gasteiger partial charge < -0.3 is 15.1 Å². The summed E-state index contributed by atoms with van der Waals surface area (Å²) in [5.41, 5.74) is 1.81. The number of piperidine rings is 1. The Hall–Kier alpha value is -2.39. The molecule has 2 saturated heterocycles. The van der Waals surface area contributed by atoms with Crippen molar-refractivity contribution in [3.05, 3.63) is 68.2 Å². The van der Waals surface area contributed by atoms with Crippen molar-refractivity contribution in [1.82, 2.24) is 14.7 Å². The summed E-state index contributed by atoms with van der Waals surface area (Å²) in [4.78, 5) is 30.1. The fraction of sp³-hybridized carbons (Fsp3) is 0.480. The second-order valence-corrected chi connectivity index (χ2v) is 10.1. The molecule has 2 aliphatic rings. The van der Waals surface area contributed by atoms with Gasteiger partial charge in [0.15, 0.2) is 0 Å². The molecule has 8 nitrogen and oxygen atoms in total. The van der Waals surface area contributed by atoms with Crippen LogP contribution in [-0.4, -0.2) is 78.0 Å². The molecule has 2 aromatic rings. The lowest BCUT2D eigenvalue weighted by molar-refractivity contribution is -0.384. The minimum Gasteiger partial charge on any atom is -0.322 e. The third kappa shape index (κ3) is 7.30. The monoisotopic (exact) mass is 519 g/mol. The van der Waals surface area contributed by atoms with Crippen molar-refractivity contribution < 1.29 is 9.72 Å². The first-order valence-electron chi connectivity index (χ1n) is 12.1. The summed E-state index contributed by atoms with van der Waals surface area (Å²) in [6, 6.07) is 11.9. The van der Waals surface area contributed by atoms with Crippen LogP contribution >= 0.6 is 23.2 Å². The van der Waals surface area contributed by atoms with Crippen molar-refractivity contribution in [2.75, 3.05) is 57.7 Å². The zero-order valence-electron chi connectivity index (χ0n) is 19.7. The number of carbonyl (C=O) groups excluding carboxylic acids is 1. The Morgan fingerprint density at radius 2 is 1.83 bits per heavy atom. The van der Waals surface area contributed by atoms with E-state index >= 15 is 0 Å². The molecule has 2 amide bonds. The third-order valence-electron chi connectivity index (χ3n) is 6.79. The maximum Gasteiger partial charge on any atom is 0.321 e. The molecule has 0 unspecified atom stereocenters. The van der Waals surface area contributed by atoms with Gasteiger partial charge in [0.2, 0.25) is 0 Å². The number of likely N-dealkylation sites (tertiary alicyclic amines) is 1. The highest BCUT2D eigenvalue weighted by Gasteiger charge is 2.26. The van der Waals surface area contributed by atoms with Crippen LogP contribution in [0.4, 0.5) is 16.2 Å². The maximum absolute atomic E-state index is 12.6. The van der Waals surface area contributed by atoms with Crippen LogP contribution in [0.3, 0.4) is 0 Å². The standard InChI is InChI=1S/C25H31Cl2N5O3/c26-23-7-6-21(16-24(23)27)28-25(33)31-13-11-30(12-14-31)18-20-4-2-9-29(17-20)10-8-19-3-1-5-22(15-19)32(34)35/h1,3,5-7,15-16,20H,2,4,8-14,17-18H2,(H,28,33)/t20-/m1/s1. The molecule has 0 radical (unpaired) electrons. The van der Waals surface area contributed by atoms with Crippen LogP contribution in [0.1, 0.15) is 18.4 Å². The van der Waals surface area contributed by atoms with E-state index in [4.69, 9.17) is 23.2 Å². The van der Waals surface area contributed by atoms with Crippen LogP contribution in [0.2, 0.25) is 10.0 Å². The van der Waals surface area contributed by atoms with Crippen LogP contribution in [0.25, 0.3) is 0 Å². The summed E-state index contributed by atoms with van der Waals surface area (Å²) < 4.78 is 0. The average molecular weight is 520 g/mol. The van der Waals surface area contributed by atoms with Gasteiger partial charge in [-0.15, -0.1) is 0 Å². The highest BCUT2D eigenvalue weighted by molar-refractivity contribution is 6.42. The van der Waals surface area contributed by atoms with Crippen LogP contribution in [0, 0.1) is 16.0 Å². The molecule has 2 heterocycles. The molecule has 0 saturated carbocycles. The summed E-state index contributed by atoms with van der Waals surface area (Å²) in [6.07, 6.45) is 3.21. The Bertz CT molecular complexity index is 1050. The number of benzene rings is 2. The lowest BCUT2D eigenvalue weighted by atomic mass is 9.96. The van der Waals surface area contributed by atoms with Gasteiger partial charge in [-0.05, 0) is 55.5 Å². The number of non-ortho nitro benzene ring substituents is 1. The highest BCUT2D eigenvalue weighted by atomic mass is 35.5. The number of piperazine rings is 1. The SMILES string of the molecule is O=C(Nc1ccc(Cl)c(Cl)c1)N1CCN(C[C@@H]2CCCN(CCc3cccc([N+](=O)[O-])c3)C2)CC1. The molecule has 0 bridgehead atoms. The predicted molar refractivity (Wildman–Crippen MR) is 139 cm³/mol. The Labute approximate surface area is 215 Å². The van der Waals surface area contributed by atoms with E-state index in [-0.39, 0.29) is 16.6 Å². The summed E-state index contributed by atoms with van der Waals surface area (Å²) >= 11 is 12.0. The number of anilines is 1. The molecule has 35 heavy (non-hydrogen) atoms. The smallest absolute Gasteiger partial charge is 0.321 e. The molecule has 2 fully saturated rings. The maximum atomic E-state index is 12.6. The van der Waals surface area contributed by atoms with E-state index in [2.05, 4.69) is 15.1 Å². The van der Waals surface area contributed by atoms with Gasteiger partial charge in [0.25, 0.3) is 5.69 Å². The zero-order chi connectivity index (χ0) is 24.8. The molecular weight excluding hydrogens is 489 g/mol. The fourth-order valence-corrected chi connectivity index (χ4v) is 5.19. The van der Waals surface area contributed by atoms with E-state index < -0.39 is 0 Å². The molecular formula is C25H31Cl2N5O3. The number of hydrogen-bond donors (Lipinski definition) is 1. The zero-order valence-corrected chi connectivity index (χ0v) is 21.2. The predicted octanol–water partition coefficient (Wildman–Crippen LogP) is 5.01. The van der Waals surface area contributed by atoms with E-state index in [0.29, 0.717) is 34.7 Å². The number of rotatable bonds is 7. The average Bonchev–Trinajstić information content (AvgIpc) is 2.86. The molecule has 2 aliphatic heterocycles. The first-order valence-corrected chi connectivity index (χ1v) is 12.8. The molecule has 10 heteroatoms. The minimum atomic E-state index is -0.336. The quantitative estimate of drug-likeness (QED) is 0.410. The second-order valence-electron chi connectivity index (χ2n) is 9.33. The van der Waals surface area contributed by atoms with Crippen molar-refractivity contribution in [2.24, 2.45) is 5.92 Å². The number of nitrogens with zero attached hydrogens (tertiary/aromatic N) is 4. The van der Waals surface area contributed by atoms with Gasteiger partial charge in [0, 0.05) is 63.6 Å². The van der Waals surface area contributed by atoms with Gasteiger partial charge in [-0.2, -0.15) is 0 Å². The molecule has 1 atom stereocenters. The topological polar surface area (TPSA) is 82.0 Å². The van der Waals surface area contributed by atoms with Gasteiger partial charge in [-0.1, -0.05) is 35.3 Å². The summed E-state index contributed by atoms with van der Waals surface area (Å²) in [6.45, 7) is 7.18. The van der Waals surface area contributed by atoms with E-state index in [0.717, 1.165) is 51.3 Å². The Morgan fingerprint density at radius 3 is 2.57 bits per heavy atom. The summed E-state index contributed by atoms with van der Waals surface area (Å²) in [5, 5.41) is 14.8. The number of nitro groups is 1. The van der Waals surface area contributed by atoms with Crippen LogP contribution in [0.5, 0.6) is 0 Å². The lowest BCUT2D eigenvalue weighted by Gasteiger charge is -2.39. The Kier molecular flexibility index (Phi) is 8.83. The molecule has 0 spiro atoms. The number of amides is 2. The van der Waals surface area contributed by atoms with E-state index in [1.807, 2.05) is 11.0 Å². The van der Waals surface area contributed by atoms with Crippen LogP contribution < -0.4 is 5.32 Å². The highest BCUT2D eigenvalue weighted by Crippen LogP contribution is 2.25. The van der Waals surface area contributed by atoms with Crippen molar-refractivity contribution in [3.8, 4) is 0 Å². The number of nitro benzene ring substituents is 1. The van der Waals surface area contributed by atoms with Gasteiger partial charge in [-0.3, -0.25) is 15.0 Å². The van der Waals surface area contributed by atoms with Gasteiger partial charge in [0.1, 0.15) is 0 Å². The van der Waals surface area contributed by atoms with E-state index in [1.165, 1.54) is 18.9 Å². The Morgan fingerprint density at radius 1 is 1.03 bits per heavy atom. The number of halogens is 2. The first-order chi connectivity index (χ1) is 16.9.